The maximum Gasteiger partial charge on any atom is 0.323 e. The van der Waals surface area contributed by atoms with Gasteiger partial charge in [0.25, 0.3) is 0 Å². The number of ketones is 2. The van der Waals surface area contributed by atoms with E-state index in [4.69, 9.17) is 20.8 Å². The lowest BCUT2D eigenvalue weighted by molar-refractivity contribution is -0.148. The molecule has 9 nitrogen and oxygen atoms in total. The summed E-state index contributed by atoms with van der Waals surface area (Å²) in [6, 6.07) is -2.86. The van der Waals surface area contributed by atoms with E-state index in [0.29, 0.717) is 6.42 Å². The highest BCUT2D eigenvalue weighted by Crippen LogP contribution is 2.01. The minimum atomic E-state index is -1.49. The van der Waals surface area contributed by atoms with Crippen molar-refractivity contribution < 1.29 is 34.2 Å². The average molecular weight is 304 g/mol. The molecule has 0 aromatic heterocycles. The molecule has 0 aliphatic heterocycles. The van der Waals surface area contributed by atoms with E-state index in [2.05, 4.69) is 5.48 Å². The molecule has 2 unspecified atom stereocenters. The summed E-state index contributed by atoms with van der Waals surface area (Å²) in [4.78, 5) is 49.3. The molecule has 5 N–H and O–H groups in total. The third-order valence-corrected chi connectivity index (χ3v) is 2.55. The molecule has 120 valence electrons. The zero-order valence-electron chi connectivity index (χ0n) is 11.7. The number of carboxylic acids is 2. The molecule has 0 aromatic carbocycles. The number of aliphatic carboxylic acids is 2. The summed E-state index contributed by atoms with van der Waals surface area (Å²) in [5, 5.41) is 17.4. The first-order valence-corrected chi connectivity index (χ1v) is 6.44. The van der Waals surface area contributed by atoms with Gasteiger partial charge in [0, 0.05) is 12.8 Å². The monoisotopic (exact) mass is 304 g/mol. The highest BCUT2D eigenvalue weighted by molar-refractivity contribution is 6.38. The van der Waals surface area contributed by atoms with Gasteiger partial charge >= 0.3 is 11.9 Å². The summed E-state index contributed by atoms with van der Waals surface area (Å²) in [6.45, 7) is 2.19. The second kappa shape index (κ2) is 9.97. The Kier molecular flexibility index (Phi) is 9.10. The first-order chi connectivity index (χ1) is 9.79. The van der Waals surface area contributed by atoms with Crippen molar-refractivity contribution in [3.05, 3.63) is 0 Å². The van der Waals surface area contributed by atoms with Crippen LogP contribution in [0.4, 0.5) is 0 Å². The molecular weight excluding hydrogens is 284 g/mol. The molecule has 0 spiro atoms. The molecule has 0 amide bonds. The Labute approximate surface area is 121 Å². The van der Waals surface area contributed by atoms with E-state index in [9.17, 15) is 19.2 Å². The fourth-order valence-electron chi connectivity index (χ4n) is 1.26. The number of carbonyl (C=O) groups is 4. The average Bonchev–Trinajstić information content (AvgIpc) is 2.41. The molecule has 2 atom stereocenters. The van der Waals surface area contributed by atoms with Gasteiger partial charge < -0.3 is 20.8 Å². The summed E-state index contributed by atoms with van der Waals surface area (Å²) in [7, 11) is 0. The fraction of sp³-hybridized carbons (Fsp3) is 0.667. The van der Waals surface area contributed by atoms with Crippen molar-refractivity contribution in [2.75, 3.05) is 6.61 Å². The lowest BCUT2D eigenvalue weighted by Crippen LogP contribution is -2.41. The minimum Gasteiger partial charge on any atom is -0.480 e. The van der Waals surface area contributed by atoms with Crippen molar-refractivity contribution >= 4 is 23.5 Å². The Hall–Kier alpha value is -1.84. The largest absolute Gasteiger partial charge is 0.480 e. The maximum atomic E-state index is 11.5. The highest BCUT2D eigenvalue weighted by Gasteiger charge is 2.27. The number of carboxylic acid groups (broad SMARTS) is 2. The van der Waals surface area contributed by atoms with Gasteiger partial charge in [0.05, 0.1) is 6.61 Å². The molecule has 0 saturated carbocycles. The van der Waals surface area contributed by atoms with Crippen molar-refractivity contribution in [3.8, 4) is 0 Å². The van der Waals surface area contributed by atoms with Crippen LogP contribution in [0.5, 0.6) is 0 Å². The van der Waals surface area contributed by atoms with Crippen LogP contribution in [-0.4, -0.2) is 52.4 Å². The molecule has 9 heteroatoms. The number of Topliss-reactive ketones (excluding diaryl/α,β-unsaturated/α-hetero) is 2. The third-order valence-electron chi connectivity index (χ3n) is 2.55. The maximum absolute atomic E-state index is 11.5. The van der Waals surface area contributed by atoms with E-state index >= 15 is 0 Å². The molecule has 0 aromatic rings. The van der Waals surface area contributed by atoms with Gasteiger partial charge in [0.1, 0.15) is 12.1 Å². The van der Waals surface area contributed by atoms with E-state index in [0.717, 1.165) is 6.42 Å². The van der Waals surface area contributed by atoms with Crippen LogP contribution < -0.4 is 11.2 Å². The SMILES string of the molecule is CCCCONC(CC(=O)C(=O)CC(N)C(=O)O)C(=O)O. The second-order valence-electron chi connectivity index (χ2n) is 4.41. The van der Waals surface area contributed by atoms with E-state index in [-0.39, 0.29) is 6.61 Å². The predicted molar refractivity (Wildman–Crippen MR) is 70.3 cm³/mol. The van der Waals surface area contributed by atoms with Gasteiger partial charge in [-0.15, -0.1) is 0 Å². The first kappa shape index (κ1) is 19.2. The van der Waals surface area contributed by atoms with Crippen LogP contribution in [0.15, 0.2) is 0 Å². The summed E-state index contributed by atoms with van der Waals surface area (Å²) in [5.74, 6) is -4.79. The summed E-state index contributed by atoms with van der Waals surface area (Å²) in [6.07, 6.45) is 0.257. The van der Waals surface area contributed by atoms with Crippen LogP contribution in [0.1, 0.15) is 32.6 Å². The van der Waals surface area contributed by atoms with E-state index in [1.54, 1.807) is 0 Å². The van der Waals surface area contributed by atoms with Crippen molar-refractivity contribution in [2.24, 2.45) is 5.73 Å². The molecule has 0 bridgehead atoms. The van der Waals surface area contributed by atoms with Gasteiger partial charge in [-0.1, -0.05) is 13.3 Å². The van der Waals surface area contributed by atoms with E-state index in [1.807, 2.05) is 6.92 Å². The molecular formula is C12H20N2O7. The van der Waals surface area contributed by atoms with Crippen LogP contribution in [0.2, 0.25) is 0 Å². The van der Waals surface area contributed by atoms with Crippen molar-refractivity contribution in [2.45, 2.75) is 44.7 Å². The zero-order valence-corrected chi connectivity index (χ0v) is 11.7. The topological polar surface area (TPSA) is 156 Å². The lowest BCUT2D eigenvalue weighted by atomic mass is 10.0. The number of nitrogens with two attached hydrogens (primary N) is 1. The third kappa shape index (κ3) is 8.12. The van der Waals surface area contributed by atoms with Crippen molar-refractivity contribution in [1.82, 2.24) is 5.48 Å². The Bertz CT molecular complexity index is 397. The van der Waals surface area contributed by atoms with Crippen molar-refractivity contribution in [3.63, 3.8) is 0 Å². The van der Waals surface area contributed by atoms with Crippen LogP contribution in [0.25, 0.3) is 0 Å². The summed E-state index contributed by atoms with van der Waals surface area (Å²) < 4.78 is 0. The van der Waals surface area contributed by atoms with Crippen LogP contribution in [0.3, 0.4) is 0 Å². The normalized spacial score (nSPS) is 13.4. The van der Waals surface area contributed by atoms with Gasteiger partial charge in [-0.2, -0.15) is 5.48 Å². The smallest absolute Gasteiger partial charge is 0.323 e. The Balaban J connectivity index is 4.36. The molecule has 0 radical (unpaired) electrons. The Morgan fingerprint density at radius 1 is 1.10 bits per heavy atom. The molecule has 0 heterocycles. The minimum absolute atomic E-state index is 0.270. The fourth-order valence-corrected chi connectivity index (χ4v) is 1.26. The Morgan fingerprint density at radius 2 is 1.67 bits per heavy atom. The van der Waals surface area contributed by atoms with Crippen molar-refractivity contribution in [1.29, 1.82) is 0 Å². The summed E-state index contributed by atoms with van der Waals surface area (Å²) in [5.41, 5.74) is 7.33. The van der Waals surface area contributed by atoms with Gasteiger partial charge in [0.2, 0.25) is 11.6 Å². The number of rotatable bonds is 12. The molecule has 0 aliphatic carbocycles. The summed E-state index contributed by atoms with van der Waals surface area (Å²) >= 11 is 0. The van der Waals surface area contributed by atoms with E-state index in [1.165, 1.54) is 0 Å². The lowest BCUT2D eigenvalue weighted by Gasteiger charge is -2.13. The number of nitrogens with one attached hydrogen (secondary N) is 1. The highest BCUT2D eigenvalue weighted by atomic mass is 16.6. The zero-order chi connectivity index (χ0) is 16.4. The number of hydroxylamine groups is 1. The van der Waals surface area contributed by atoms with Gasteiger partial charge in [0.15, 0.2) is 0 Å². The molecule has 0 aliphatic rings. The number of carbonyl (C=O) groups excluding carboxylic acids is 2. The van der Waals surface area contributed by atoms with Gasteiger partial charge in [-0.25, -0.2) is 0 Å². The van der Waals surface area contributed by atoms with Gasteiger partial charge in [-0.05, 0) is 6.42 Å². The molecule has 21 heavy (non-hydrogen) atoms. The first-order valence-electron chi connectivity index (χ1n) is 6.44. The number of hydrogen-bond donors (Lipinski definition) is 4. The molecule has 0 rings (SSSR count). The van der Waals surface area contributed by atoms with E-state index < -0.39 is 48.4 Å². The standard InChI is InChI=1S/C12H20N2O7/c1-2-3-4-21-14-8(12(19)20)6-10(16)9(15)5-7(13)11(17)18/h7-8,14H,2-6,13H2,1H3,(H,17,18)(H,19,20). The molecule has 0 saturated heterocycles. The second-order valence-corrected chi connectivity index (χ2v) is 4.41. The molecule has 0 fully saturated rings. The number of unbranched alkanes of at least 4 members (excludes halogenated alkanes) is 1. The quantitative estimate of drug-likeness (QED) is 0.203. The van der Waals surface area contributed by atoms with Crippen LogP contribution >= 0.6 is 0 Å². The van der Waals surface area contributed by atoms with Crippen LogP contribution in [0, 0.1) is 0 Å². The van der Waals surface area contributed by atoms with Crippen LogP contribution in [-0.2, 0) is 24.0 Å². The number of hydrogen-bond acceptors (Lipinski definition) is 7. The Morgan fingerprint density at radius 3 is 2.14 bits per heavy atom. The predicted octanol–water partition coefficient (Wildman–Crippen LogP) is -0.909. The van der Waals surface area contributed by atoms with Gasteiger partial charge in [-0.3, -0.25) is 19.2 Å².